The van der Waals surface area contributed by atoms with Gasteiger partial charge in [-0.05, 0) is 55.9 Å². The monoisotopic (exact) mass is 396 g/mol. The predicted molar refractivity (Wildman–Crippen MR) is 114 cm³/mol. The maximum Gasteiger partial charge on any atom is 0.259 e. The number of nitrogens with zero attached hydrogens (tertiary/aromatic N) is 1. The van der Waals surface area contributed by atoms with Crippen LogP contribution in [0.3, 0.4) is 0 Å². The Labute approximate surface area is 167 Å². The molecule has 2 aromatic heterocycles. The first kappa shape index (κ1) is 18.7. The van der Waals surface area contributed by atoms with E-state index in [1.807, 2.05) is 31.2 Å². The number of anilines is 2. The average Bonchev–Trinajstić information content (AvgIpc) is 2.99. The van der Waals surface area contributed by atoms with Gasteiger partial charge in [-0.15, -0.1) is 11.3 Å². The fourth-order valence-electron chi connectivity index (χ4n) is 3.78. The van der Waals surface area contributed by atoms with Gasteiger partial charge in [0.2, 0.25) is 5.91 Å². The van der Waals surface area contributed by atoms with Crippen molar-refractivity contribution < 1.29 is 4.79 Å². The molecule has 146 valence electrons. The van der Waals surface area contributed by atoms with Crippen molar-refractivity contribution >= 4 is 38.8 Å². The number of thiophene rings is 1. The fourth-order valence-corrected chi connectivity index (χ4v) is 5.17. The number of aromatic nitrogens is 2. The molecule has 1 aliphatic carbocycles. The first-order valence-electron chi connectivity index (χ1n) is 9.59. The zero-order chi connectivity index (χ0) is 19.8. The Morgan fingerprint density at radius 3 is 2.93 bits per heavy atom. The van der Waals surface area contributed by atoms with Crippen LogP contribution in [-0.2, 0) is 17.6 Å². The van der Waals surface area contributed by atoms with Gasteiger partial charge in [-0.25, -0.2) is 4.98 Å². The van der Waals surface area contributed by atoms with Gasteiger partial charge in [-0.1, -0.05) is 13.0 Å². The minimum absolute atomic E-state index is 0.0484. The summed E-state index contributed by atoms with van der Waals surface area (Å²) < 4.78 is 0. The van der Waals surface area contributed by atoms with Crippen LogP contribution in [0.4, 0.5) is 11.4 Å². The zero-order valence-electron chi connectivity index (χ0n) is 16.3. The third kappa shape index (κ3) is 3.67. The number of H-pyrrole nitrogens is 1. The minimum atomic E-state index is -0.178. The Kier molecular flexibility index (Phi) is 4.93. The molecule has 6 nitrogen and oxygen atoms in total. The molecule has 2 heterocycles. The molecule has 1 aliphatic rings. The molecular weight excluding hydrogens is 372 g/mol. The van der Waals surface area contributed by atoms with Crippen LogP contribution in [0.15, 0.2) is 29.1 Å². The second kappa shape index (κ2) is 7.39. The van der Waals surface area contributed by atoms with Gasteiger partial charge in [0.25, 0.3) is 5.56 Å². The standard InChI is InChI=1S/C21H24N4O2S/c1-11-7-8-16-17(9-11)28-21-18(16)20(27)24-19(25-21)12(2)22-14-5-4-6-15(10-14)23-13(3)26/h4-6,10-12,22H,7-9H2,1-3H3,(H,23,26)(H,24,25,27)/t11-,12-/m0/s1. The van der Waals surface area contributed by atoms with Gasteiger partial charge in [0.05, 0.1) is 11.4 Å². The van der Waals surface area contributed by atoms with Crippen LogP contribution in [0.2, 0.25) is 0 Å². The summed E-state index contributed by atoms with van der Waals surface area (Å²) in [6.07, 6.45) is 3.13. The van der Waals surface area contributed by atoms with Crippen molar-refractivity contribution in [3.05, 3.63) is 50.9 Å². The molecule has 3 aromatic rings. The molecule has 2 atom stereocenters. The van der Waals surface area contributed by atoms with E-state index in [0.29, 0.717) is 11.7 Å². The summed E-state index contributed by atoms with van der Waals surface area (Å²) in [4.78, 5) is 33.9. The molecule has 0 saturated carbocycles. The summed E-state index contributed by atoms with van der Waals surface area (Å²) in [5, 5.41) is 6.90. The molecule has 1 amide bonds. The lowest BCUT2D eigenvalue weighted by Crippen LogP contribution is -2.18. The number of carbonyl (C=O) groups is 1. The molecule has 1 aromatic carbocycles. The summed E-state index contributed by atoms with van der Waals surface area (Å²) in [7, 11) is 0. The van der Waals surface area contributed by atoms with Crippen LogP contribution in [0.25, 0.3) is 10.2 Å². The van der Waals surface area contributed by atoms with E-state index < -0.39 is 0 Å². The molecule has 0 fully saturated rings. The molecule has 0 unspecified atom stereocenters. The van der Waals surface area contributed by atoms with Crippen molar-refractivity contribution in [3.8, 4) is 0 Å². The van der Waals surface area contributed by atoms with E-state index in [1.54, 1.807) is 11.3 Å². The average molecular weight is 397 g/mol. The van der Waals surface area contributed by atoms with Crippen LogP contribution in [-0.4, -0.2) is 15.9 Å². The van der Waals surface area contributed by atoms with E-state index in [-0.39, 0.29) is 17.5 Å². The third-order valence-electron chi connectivity index (χ3n) is 5.16. The van der Waals surface area contributed by atoms with Crippen LogP contribution in [0, 0.1) is 5.92 Å². The lowest BCUT2D eigenvalue weighted by atomic mass is 9.89. The molecule has 4 rings (SSSR count). The number of rotatable bonds is 4. The van der Waals surface area contributed by atoms with E-state index in [4.69, 9.17) is 4.98 Å². The molecule has 0 bridgehead atoms. The quantitative estimate of drug-likeness (QED) is 0.616. The van der Waals surface area contributed by atoms with Gasteiger partial charge < -0.3 is 15.6 Å². The summed E-state index contributed by atoms with van der Waals surface area (Å²) >= 11 is 1.66. The highest BCUT2D eigenvalue weighted by Gasteiger charge is 2.23. The van der Waals surface area contributed by atoms with Crippen LogP contribution in [0.1, 0.15) is 49.5 Å². The van der Waals surface area contributed by atoms with Crippen molar-refractivity contribution in [3.63, 3.8) is 0 Å². The highest BCUT2D eigenvalue weighted by atomic mass is 32.1. The van der Waals surface area contributed by atoms with Gasteiger partial charge in [-0.3, -0.25) is 9.59 Å². The first-order chi connectivity index (χ1) is 13.4. The summed E-state index contributed by atoms with van der Waals surface area (Å²) in [5.74, 6) is 1.17. The van der Waals surface area contributed by atoms with Crippen molar-refractivity contribution in [1.82, 2.24) is 9.97 Å². The Bertz CT molecular complexity index is 1100. The van der Waals surface area contributed by atoms with Gasteiger partial charge in [0.15, 0.2) is 0 Å². The number of fused-ring (bicyclic) bond motifs is 3. The van der Waals surface area contributed by atoms with E-state index in [9.17, 15) is 9.59 Å². The summed E-state index contributed by atoms with van der Waals surface area (Å²) in [6.45, 7) is 5.70. The second-order valence-electron chi connectivity index (χ2n) is 7.61. The zero-order valence-corrected chi connectivity index (χ0v) is 17.1. The molecule has 0 saturated heterocycles. The summed E-state index contributed by atoms with van der Waals surface area (Å²) in [5.41, 5.74) is 2.72. The van der Waals surface area contributed by atoms with Gasteiger partial charge >= 0.3 is 0 Å². The van der Waals surface area contributed by atoms with E-state index in [1.165, 1.54) is 17.4 Å². The number of hydrogen-bond acceptors (Lipinski definition) is 5. The highest BCUT2D eigenvalue weighted by molar-refractivity contribution is 7.18. The Morgan fingerprint density at radius 2 is 2.14 bits per heavy atom. The second-order valence-corrected chi connectivity index (χ2v) is 8.69. The van der Waals surface area contributed by atoms with Crippen molar-refractivity contribution in [2.45, 2.75) is 46.1 Å². The van der Waals surface area contributed by atoms with E-state index in [0.717, 1.165) is 40.9 Å². The normalized spacial score (nSPS) is 17.2. The topological polar surface area (TPSA) is 86.9 Å². The number of hydrogen-bond donors (Lipinski definition) is 3. The molecule has 0 spiro atoms. The molecule has 0 radical (unpaired) electrons. The molecule has 7 heteroatoms. The van der Waals surface area contributed by atoms with Gasteiger partial charge in [0, 0.05) is 23.2 Å². The lowest BCUT2D eigenvalue weighted by Gasteiger charge is -2.17. The largest absolute Gasteiger partial charge is 0.375 e. The number of aryl methyl sites for hydroxylation is 1. The van der Waals surface area contributed by atoms with E-state index >= 15 is 0 Å². The number of benzene rings is 1. The molecule has 0 aliphatic heterocycles. The SMILES string of the molecule is CC(=O)Nc1cccc(N[C@@H](C)c2nc3sc4c(c3c(=O)[nH]2)CC[C@H](C)C4)c1. The summed E-state index contributed by atoms with van der Waals surface area (Å²) in [6, 6.07) is 7.31. The number of nitrogens with one attached hydrogen (secondary N) is 3. The Balaban J connectivity index is 1.62. The van der Waals surface area contributed by atoms with Crippen molar-refractivity contribution in [1.29, 1.82) is 0 Å². The smallest absolute Gasteiger partial charge is 0.259 e. The molecular formula is C21H24N4O2S. The Morgan fingerprint density at radius 1 is 1.36 bits per heavy atom. The van der Waals surface area contributed by atoms with Crippen LogP contribution < -0.4 is 16.2 Å². The number of aromatic amines is 1. The molecule has 3 N–H and O–H groups in total. The van der Waals surface area contributed by atoms with Crippen LogP contribution in [0.5, 0.6) is 0 Å². The number of carbonyl (C=O) groups excluding carboxylic acids is 1. The maximum atomic E-state index is 12.8. The fraction of sp³-hybridized carbons (Fsp3) is 0.381. The van der Waals surface area contributed by atoms with Crippen LogP contribution >= 0.6 is 11.3 Å². The van der Waals surface area contributed by atoms with E-state index in [2.05, 4.69) is 22.5 Å². The van der Waals surface area contributed by atoms with Gasteiger partial charge in [0.1, 0.15) is 10.7 Å². The predicted octanol–water partition coefficient (Wildman–Crippen LogP) is 4.24. The molecule has 28 heavy (non-hydrogen) atoms. The number of amides is 1. The highest BCUT2D eigenvalue weighted by Crippen LogP contribution is 2.36. The minimum Gasteiger partial charge on any atom is -0.375 e. The lowest BCUT2D eigenvalue weighted by molar-refractivity contribution is -0.114. The Hall–Kier alpha value is -2.67. The van der Waals surface area contributed by atoms with Crippen molar-refractivity contribution in [2.75, 3.05) is 10.6 Å². The van der Waals surface area contributed by atoms with Crippen molar-refractivity contribution in [2.24, 2.45) is 5.92 Å². The maximum absolute atomic E-state index is 12.8. The first-order valence-corrected chi connectivity index (χ1v) is 10.4. The third-order valence-corrected chi connectivity index (χ3v) is 6.31. The van der Waals surface area contributed by atoms with Gasteiger partial charge in [-0.2, -0.15) is 0 Å².